The zero-order valence-corrected chi connectivity index (χ0v) is 10.8. The van der Waals surface area contributed by atoms with Gasteiger partial charge in [-0.25, -0.2) is 0 Å². The van der Waals surface area contributed by atoms with Crippen molar-refractivity contribution < 1.29 is 0 Å². The topological polar surface area (TPSA) is 0 Å². The van der Waals surface area contributed by atoms with Crippen LogP contribution in [0.2, 0.25) is 0 Å². The molecular weight excluding hydrogens is 216 g/mol. The summed E-state index contributed by atoms with van der Waals surface area (Å²) in [5, 5.41) is 0. The van der Waals surface area contributed by atoms with Gasteiger partial charge in [0.25, 0.3) is 0 Å². The van der Waals surface area contributed by atoms with Crippen LogP contribution in [0.1, 0.15) is 24.5 Å². The van der Waals surface area contributed by atoms with Crippen molar-refractivity contribution >= 4 is 11.1 Å². The van der Waals surface area contributed by atoms with Crippen molar-refractivity contribution in [1.82, 2.24) is 0 Å². The van der Waals surface area contributed by atoms with Crippen molar-refractivity contribution in [1.29, 1.82) is 0 Å². The molecule has 0 atom stereocenters. The second kappa shape index (κ2) is 6.02. The van der Waals surface area contributed by atoms with Crippen LogP contribution in [0.5, 0.6) is 0 Å². The Kier molecular flexibility index (Phi) is 4.14. The van der Waals surface area contributed by atoms with Gasteiger partial charge in [0.2, 0.25) is 0 Å². The summed E-state index contributed by atoms with van der Waals surface area (Å²) in [4.78, 5) is 0. The highest BCUT2D eigenvalue weighted by molar-refractivity contribution is 5.69. The van der Waals surface area contributed by atoms with Crippen molar-refractivity contribution in [2.24, 2.45) is 0 Å². The van der Waals surface area contributed by atoms with Crippen LogP contribution >= 0.6 is 0 Å². The maximum Gasteiger partial charge on any atom is -0.00915 e. The molecule has 2 rings (SSSR count). The SMILES string of the molecule is C=C(C/C=C(/C)c1ccccc1)c1ccccc1. The molecule has 0 amide bonds. The fourth-order valence-corrected chi connectivity index (χ4v) is 1.89. The molecule has 0 heteroatoms. The number of benzene rings is 2. The van der Waals surface area contributed by atoms with Gasteiger partial charge in [0.05, 0.1) is 0 Å². The summed E-state index contributed by atoms with van der Waals surface area (Å²) < 4.78 is 0. The van der Waals surface area contributed by atoms with Crippen LogP contribution in [0.15, 0.2) is 73.3 Å². The minimum Gasteiger partial charge on any atom is -0.0949 e. The van der Waals surface area contributed by atoms with Crippen molar-refractivity contribution in [3.63, 3.8) is 0 Å². The van der Waals surface area contributed by atoms with Crippen LogP contribution in [0, 0.1) is 0 Å². The lowest BCUT2D eigenvalue weighted by Gasteiger charge is -2.04. The highest BCUT2D eigenvalue weighted by Crippen LogP contribution is 2.20. The molecule has 18 heavy (non-hydrogen) atoms. The van der Waals surface area contributed by atoms with Gasteiger partial charge in [-0.3, -0.25) is 0 Å². The Bertz CT molecular complexity index is 533. The molecule has 0 saturated heterocycles. The van der Waals surface area contributed by atoms with E-state index in [0.717, 1.165) is 12.0 Å². The van der Waals surface area contributed by atoms with E-state index in [4.69, 9.17) is 0 Å². The van der Waals surface area contributed by atoms with Gasteiger partial charge in [0.15, 0.2) is 0 Å². The Morgan fingerprint density at radius 1 is 0.889 bits per heavy atom. The van der Waals surface area contributed by atoms with E-state index in [9.17, 15) is 0 Å². The molecule has 0 N–H and O–H groups in total. The quantitative estimate of drug-likeness (QED) is 0.682. The molecule has 0 heterocycles. The smallest absolute Gasteiger partial charge is 0.00915 e. The molecule has 0 unspecified atom stereocenters. The summed E-state index contributed by atoms with van der Waals surface area (Å²) >= 11 is 0. The van der Waals surface area contributed by atoms with Gasteiger partial charge in [0, 0.05) is 0 Å². The van der Waals surface area contributed by atoms with E-state index in [2.05, 4.69) is 56.0 Å². The van der Waals surface area contributed by atoms with Crippen LogP contribution in [-0.2, 0) is 0 Å². The van der Waals surface area contributed by atoms with Gasteiger partial charge in [-0.05, 0) is 35.6 Å². The third kappa shape index (κ3) is 3.21. The molecule has 0 aromatic heterocycles. The molecule has 0 radical (unpaired) electrons. The lowest BCUT2D eigenvalue weighted by molar-refractivity contribution is 1.38. The second-order valence-corrected chi connectivity index (χ2v) is 4.43. The van der Waals surface area contributed by atoms with Crippen molar-refractivity contribution in [3.05, 3.63) is 84.4 Å². The van der Waals surface area contributed by atoms with Gasteiger partial charge in [-0.2, -0.15) is 0 Å². The largest absolute Gasteiger partial charge is 0.0949 e. The standard InChI is InChI=1S/C18H18/c1-15(17-9-5-3-6-10-17)13-14-16(2)18-11-7-4-8-12-18/h3-12,14H,1,13H2,2H3/b16-14-. The van der Waals surface area contributed by atoms with Gasteiger partial charge in [-0.1, -0.05) is 73.3 Å². The third-order valence-electron chi connectivity index (χ3n) is 3.07. The van der Waals surface area contributed by atoms with E-state index in [1.807, 2.05) is 24.3 Å². The van der Waals surface area contributed by atoms with Crippen molar-refractivity contribution in [3.8, 4) is 0 Å². The summed E-state index contributed by atoms with van der Waals surface area (Å²) in [5.74, 6) is 0. The molecule has 2 aromatic rings. The molecule has 0 aliphatic carbocycles. The van der Waals surface area contributed by atoms with Crippen molar-refractivity contribution in [2.75, 3.05) is 0 Å². The summed E-state index contributed by atoms with van der Waals surface area (Å²) in [5.41, 5.74) is 4.95. The normalized spacial score (nSPS) is 11.3. The number of allylic oxidation sites excluding steroid dienone is 3. The molecule has 0 aliphatic rings. The predicted octanol–water partition coefficient (Wildman–Crippen LogP) is 5.19. The molecule has 0 nitrogen and oxygen atoms in total. The molecule has 0 bridgehead atoms. The maximum absolute atomic E-state index is 4.15. The Morgan fingerprint density at radius 3 is 1.94 bits per heavy atom. The Morgan fingerprint density at radius 2 is 1.39 bits per heavy atom. The van der Waals surface area contributed by atoms with E-state index >= 15 is 0 Å². The maximum atomic E-state index is 4.15. The summed E-state index contributed by atoms with van der Waals surface area (Å²) in [6, 6.07) is 20.8. The number of hydrogen-bond acceptors (Lipinski definition) is 0. The highest BCUT2D eigenvalue weighted by Gasteiger charge is 1.97. The average Bonchev–Trinajstić information content (AvgIpc) is 2.46. The molecule has 0 saturated carbocycles. The summed E-state index contributed by atoms with van der Waals surface area (Å²) in [6.45, 7) is 6.29. The van der Waals surface area contributed by atoms with Crippen LogP contribution < -0.4 is 0 Å². The monoisotopic (exact) mass is 234 g/mol. The average molecular weight is 234 g/mol. The summed E-state index contributed by atoms with van der Waals surface area (Å²) in [7, 11) is 0. The van der Waals surface area contributed by atoms with E-state index in [1.54, 1.807) is 0 Å². The van der Waals surface area contributed by atoms with Crippen LogP contribution in [-0.4, -0.2) is 0 Å². The molecular formula is C18H18. The minimum absolute atomic E-state index is 0.894. The second-order valence-electron chi connectivity index (χ2n) is 4.43. The van der Waals surface area contributed by atoms with E-state index < -0.39 is 0 Å². The van der Waals surface area contributed by atoms with Crippen LogP contribution in [0.4, 0.5) is 0 Å². The van der Waals surface area contributed by atoms with Gasteiger partial charge in [-0.15, -0.1) is 0 Å². The Balaban J connectivity index is 2.05. The fraction of sp³-hybridized carbons (Fsp3) is 0.111. The first-order valence-corrected chi connectivity index (χ1v) is 6.23. The summed E-state index contributed by atoms with van der Waals surface area (Å²) in [6.07, 6.45) is 3.13. The minimum atomic E-state index is 0.894. The first-order valence-electron chi connectivity index (χ1n) is 6.23. The lowest BCUT2D eigenvalue weighted by Crippen LogP contribution is -1.82. The van der Waals surface area contributed by atoms with Crippen LogP contribution in [0.25, 0.3) is 11.1 Å². The first-order chi connectivity index (χ1) is 8.77. The zero-order chi connectivity index (χ0) is 12.8. The van der Waals surface area contributed by atoms with E-state index in [-0.39, 0.29) is 0 Å². The number of rotatable bonds is 4. The number of hydrogen-bond donors (Lipinski definition) is 0. The molecule has 90 valence electrons. The highest BCUT2D eigenvalue weighted by atomic mass is 14.0. The lowest BCUT2D eigenvalue weighted by atomic mass is 10.0. The molecule has 0 aliphatic heterocycles. The Hall–Kier alpha value is -2.08. The fourth-order valence-electron chi connectivity index (χ4n) is 1.89. The van der Waals surface area contributed by atoms with Gasteiger partial charge in [0.1, 0.15) is 0 Å². The molecule has 2 aromatic carbocycles. The molecule has 0 fully saturated rings. The predicted molar refractivity (Wildman–Crippen MR) is 80.2 cm³/mol. The first kappa shape index (κ1) is 12.4. The Labute approximate surface area is 109 Å². The van der Waals surface area contributed by atoms with Crippen molar-refractivity contribution in [2.45, 2.75) is 13.3 Å². The van der Waals surface area contributed by atoms with Gasteiger partial charge >= 0.3 is 0 Å². The van der Waals surface area contributed by atoms with Crippen LogP contribution in [0.3, 0.4) is 0 Å². The molecule has 0 spiro atoms. The zero-order valence-electron chi connectivity index (χ0n) is 10.8. The van der Waals surface area contributed by atoms with E-state index in [1.165, 1.54) is 16.7 Å². The van der Waals surface area contributed by atoms with Gasteiger partial charge < -0.3 is 0 Å². The third-order valence-corrected chi connectivity index (χ3v) is 3.07. The van der Waals surface area contributed by atoms with E-state index in [0.29, 0.717) is 0 Å².